The van der Waals surface area contributed by atoms with Crippen molar-refractivity contribution in [1.82, 2.24) is 5.32 Å². The van der Waals surface area contributed by atoms with Crippen LogP contribution in [0.1, 0.15) is 54.7 Å². The van der Waals surface area contributed by atoms with Gasteiger partial charge in [0, 0.05) is 44.4 Å². The van der Waals surface area contributed by atoms with Crippen molar-refractivity contribution < 1.29 is 24.3 Å². The summed E-state index contributed by atoms with van der Waals surface area (Å²) in [6.45, 7) is 0.000996. The SMILES string of the molecule is O=C(O)CCNC(=O)c1ccc(C(=O)C(CC(=O)c2ccc(Cl)c(Cl)c2)c2cc(Br)cs2)cc1. The molecule has 0 radical (unpaired) electrons. The van der Waals surface area contributed by atoms with Crippen LogP contribution in [0.25, 0.3) is 0 Å². The molecule has 34 heavy (non-hydrogen) atoms. The lowest BCUT2D eigenvalue weighted by Crippen LogP contribution is -2.26. The van der Waals surface area contributed by atoms with Crippen molar-refractivity contribution in [2.75, 3.05) is 6.54 Å². The molecule has 3 aromatic rings. The Labute approximate surface area is 218 Å². The fourth-order valence-corrected chi connectivity index (χ4v) is 5.02. The predicted octanol–water partition coefficient (Wildman–Crippen LogP) is 6.26. The first-order valence-corrected chi connectivity index (χ1v) is 12.4. The molecule has 0 saturated carbocycles. The average Bonchev–Trinajstić information content (AvgIpc) is 3.24. The Balaban J connectivity index is 1.80. The molecule has 1 aromatic heterocycles. The molecule has 0 bridgehead atoms. The number of carboxylic acids is 1. The molecule has 1 amide bonds. The summed E-state index contributed by atoms with van der Waals surface area (Å²) in [4.78, 5) is 49.8. The molecule has 0 aliphatic heterocycles. The van der Waals surface area contributed by atoms with Crippen molar-refractivity contribution in [3.63, 3.8) is 0 Å². The number of hydrogen-bond donors (Lipinski definition) is 2. The highest BCUT2D eigenvalue weighted by molar-refractivity contribution is 9.10. The summed E-state index contributed by atoms with van der Waals surface area (Å²) in [6, 6.07) is 12.4. The molecule has 1 atom stereocenters. The van der Waals surface area contributed by atoms with Gasteiger partial charge in [0.25, 0.3) is 5.91 Å². The number of carbonyl (C=O) groups is 4. The van der Waals surface area contributed by atoms with E-state index in [-0.39, 0.29) is 36.0 Å². The van der Waals surface area contributed by atoms with E-state index in [9.17, 15) is 19.2 Å². The Bertz CT molecular complexity index is 1240. The number of halogens is 3. The lowest BCUT2D eigenvalue weighted by molar-refractivity contribution is -0.136. The standard InChI is InChI=1S/C24H18BrCl2NO5S/c25-16-10-21(34-12-16)17(11-20(29)15-5-6-18(26)19(27)9-15)23(32)13-1-3-14(4-2-13)24(33)28-8-7-22(30)31/h1-6,9-10,12,17H,7-8,11H2,(H,28,33)(H,30,31). The summed E-state index contributed by atoms with van der Waals surface area (Å²) >= 11 is 16.7. The second-order valence-electron chi connectivity index (χ2n) is 7.32. The molecule has 1 heterocycles. The van der Waals surface area contributed by atoms with Crippen LogP contribution in [-0.2, 0) is 4.79 Å². The van der Waals surface area contributed by atoms with E-state index in [1.807, 2.05) is 5.38 Å². The van der Waals surface area contributed by atoms with Gasteiger partial charge in [-0.15, -0.1) is 11.3 Å². The number of rotatable bonds is 10. The van der Waals surface area contributed by atoms with Gasteiger partial charge in [-0.3, -0.25) is 19.2 Å². The first kappa shape index (κ1) is 26.1. The van der Waals surface area contributed by atoms with Crippen LogP contribution in [0, 0.1) is 0 Å². The molecule has 0 spiro atoms. The van der Waals surface area contributed by atoms with Crippen LogP contribution in [0.15, 0.2) is 58.4 Å². The number of carbonyl (C=O) groups excluding carboxylic acids is 3. The van der Waals surface area contributed by atoms with E-state index >= 15 is 0 Å². The van der Waals surface area contributed by atoms with Crippen molar-refractivity contribution in [2.45, 2.75) is 18.8 Å². The molecule has 2 N–H and O–H groups in total. The molecule has 3 rings (SSSR count). The van der Waals surface area contributed by atoms with Crippen LogP contribution in [0.4, 0.5) is 0 Å². The van der Waals surface area contributed by atoms with Gasteiger partial charge >= 0.3 is 5.97 Å². The summed E-state index contributed by atoms with van der Waals surface area (Å²) in [5.41, 5.74) is 0.999. The van der Waals surface area contributed by atoms with Gasteiger partial charge in [0.1, 0.15) is 0 Å². The zero-order valence-electron chi connectivity index (χ0n) is 17.5. The minimum Gasteiger partial charge on any atom is -0.481 e. The van der Waals surface area contributed by atoms with Crippen molar-refractivity contribution in [3.8, 4) is 0 Å². The highest BCUT2D eigenvalue weighted by Gasteiger charge is 2.27. The molecule has 0 saturated heterocycles. The minimum atomic E-state index is -1.01. The number of hydrogen-bond acceptors (Lipinski definition) is 5. The smallest absolute Gasteiger partial charge is 0.305 e. The van der Waals surface area contributed by atoms with E-state index in [0.29, 0.717) is 21.7 Å². The molecule has 2 aromatic carbocycles. The normalized spacial score (nSPS) is 11.6. The number of carboxylic acid groups (broad SMARTS) is 1. The maximum Gasteiger partial charge on any atom is 0.305 e. The second-order valence-corrected chi connectivity index (χ2v) is 9.99. The predicted molar refractivity (Wildman–Crippen MR) is 136 cm³/mol. The van der Waals surface area contributed by atoms with Crippen LogP contribution in [0.3, 0.4) is 0 Å². The molecule has 0 aliphatic rings. The van der Waals surface area contributed by atoms with Crippen molar-refractivity contribution in [3.05, 3.63) is 90.0 Å². The van der Waals surface area contributed by atoms with Crippen LogP contribution in [0.2, 0.25) is 10.0 Å². The first-order valence-electron chi connectivity index (χ1n) is 10.0. The molecule has 176 valence electrons. The molecular weight excluding hydrogens is 565 g/mol. The molecule has 1 unspecified atom stereocenters. The molecule has 0 aliphatic carbocycles. The van der Waals surface area contributed by atoms with Gasteiger partial charge in [0.15, 0.2) is 11.6 Å². The Morgan fingerprint density at radius 3 is 2.18 bits per heavy atom. The van der Waals surface area contributed by atoms with Gasteiger partial charge in [-0.25, -0.2) is 0 Å². The number of ketones is 2. The van der Waals surface area contributed by atoms with E-state index in [1.165, 1.54) is 47.7 Å². The third-order valence-corrected chi connectivity index (χ3v) is 7.48. The summed E-state index contributed by atoms with van der Waals surface area (Å²) < 4.78 is 0.806. The number of benzene rings is 2. The highest BCUT2D eigenvalue weighted by Crippen LogP contribution is 2.33. The van der Waals surface area contributed by atoms with Gasteiger partial charge in [-0.1, -0.05) is 35.3 Å². The Morgan fingerprint density at radius 2 is 1.59 bits per heavy atom. The number of thiophene rings is 1. The monoisotopic (exact) mass is 581 g/mol. The van der Waals surface area contributed by atoms with Crippen LogP contribution >= 0.6 is 50.5 Å². The maximum atomic E-state index is 13.4. The largest absolute Gasteiger partial charge is 0.481 e. The number of nitrogens with one attached hydrogen (secondary N) is 1. The third-order valence-electron chi connectivity index (χ3n) is 4.93. The quantitative estimate of drug-likeness (QED) is 0.275. The van der Waals surface area contributed by atoms with Crippen LogP contribution < -0.4 is 5.32 Å². The summed E-state index contributed by atoms with van der Waals surface area (Å²) in [5, 5.41) is 13.6. The lowest BCUT2D eigenvalue weighted by Gasteiger charge is -2.15. The van der Waals surface area contributed by atoms with Crippen molar-refractivity contribution >= 4 is 73.9 Å². The number of aliphatic carboxylic acids is 1. The topological polar surface area (TPSA) is 101 Å². The summed E-state index contributed by atoms with van der Waals surface area (Å²) in [7, 11) is 0. The lowest BCUT2D eigenvalue weighted by atomic mass is 9.89. The third kappa shape index (κ3) is 6.76. The fourth-order valence-electron chi connectivity index (χ4n) is 3.18. The summed E-state index contributed by atoms with van der Waals surface area (Å²) in [6.07, 6.45) is -0.256. The number of amides is 1. The number of Topliss-reactive ketones (excluding diaryl/α,β-unsaturated/α-hetero) is 2. The van der Waals surface area contributed by atoms with Gasteiger partial charge in [-0.05, 0) is 52.3 Å². The van der Waals surface area contributed by atoms with E-state index in [2.05, 4.69) is 21.2 Å². The van der Waals surface area contributed by atoms with Crippen molar-refractivity contribution in [1.29, 1.82) is 0 Å². The van der Waals surface area contributed by atoms with Gasteiger partial charge in [-0.2, -0.15) is 0 Å². The van der Waals surface area contributed by atoms with E-state index < -0.39 is 17.8 Å². The molecule has 0 fully saturated rings. The first-order chi connectivity index (χ1) is 16.2. The van der Waals surface area contributed by atoms with Gasteiger partial charge in [0.2, 0.25) is 0 Å². The molecular formula is C24H18BrCl2NO5S. The van der Waals surface area contributed by atoms with E-state index in [0.717, 1.165) is 9.35 Å². The molecule has 6 nitrogen and oxygen atoms in total. The zero-order chi connectivity index (χ0) is 24.8. The van der Waals surface area contributed by atoms with Gasteiger partial charge in [0.05, 0.1) is 22.4 Å². The average molecular weight is 583 g/mol. The van der Waals surface area contributed by atoms with E-state index in [4.69, 9.17) is 28.3 Å². The zero-order valence-corrected chi connectivity index (χ0v) is 21.4. The highest BCUT2D eigenvalue weighted by atomic mass is 79.9. The van der Waals surface area contributed by atoms with Crippen molar-refractivity contribution in [2.24, 2.45) is 0 Å². The molecule has 10 heteroatoms. The Morgan fingerprint density at radius 1 is 0.941 bits per heavy atom. The van der Waals surface area contributed by atoms with Crippen LogP contribution in [-0.4, -0.2) is 35.1 Å². The second kappa shape index (κ2) is 11.8. The summed E-state index contributed by atoms with van der Waals surface area (Å²) in [5.74, 6) is -2.69. The Hall–Kier alpha value is -2.52. The Kier molecular flexibility index (Phi) is 9.02. The van der Waals surface area contributed by atoms with Crippen LogP contribution in [0.5, 0.6) is 0 Å². The minimum absolute atomic E-state index is 0.000996. The van der Waals surface area contributed by atoms with Gasteiger partial charge < -0.3 is 10.4 Å². The van der Waals surface area contributed by atoms with E-state index in [1.54, 1.807) is 12.1 Å². The fraction of sp³-hybridized carbons (Fsp3) is 0.167. The maximum absolute atomic E-state index is 13.4.